The van der Waals surface area contributed by atoms with Crippen molar-refractivity contribution in [3.8, 4) is 11.3 Å². The van der Waals surface area contributed by atoms with Crippen molar-refractivity contribution in [2.24, 2.45) is 0 Å². The summed E-state index contributed by atoms with van der Waals surface area (Å²) in [7, 11) is 0. The van der Waals surface area contributed by atoms with Crippen molar-refractivity contribution in [3.05, 3.63) is 64.0 Å². The Bertz CT molecular complexity index is 1040. The van der Waals surface area contributed by atoms with Gasteiger partial charge in [-0.25, -0.2) is 0 Å². The molecule has 27 heavy (non-hydrogen) atoms. The molecule has 6 nitrogen and oxygen atoms in total. The van der Waals surface area contributed by atoms with Gasteiger partial charge in [-0.1, -0.05) is 64.7 Å². The summed E-state index contributed by atoms with van der Waals surface area (Å²) in [5, 5.41) is 17.5. The van der Waals surface area contributed by atoms with Crippen molar-refractivity contribution < 1.29 is 9.32 Å². The normalized spacial score (nSPS) is 10.9. The first-order chi connectivity index (χ1) is 13.2. The molecule has 4 aromatic rings. The summed E-state index contributed by atoms with van der Waals surface area (Å²) in [5.74, 6) is 0.991. The third-order valence-corrected chi connectivity index (χ3v) is 6.76. The average molecular weight is 415 g/mol. The fraction of sp³-hybridized carbons (Fsp3) is 0.111. The molecule has 1 aromatic carbocycles. The summed E-state index contributed by atoms with van der Waals surface area (Å²) in [6.07, 6.45) is 0. The fourth-order valence-electron chi connectivity index (χ4n) is 2.44. The quantitative estimate of drug-likeness (QED) is 0.349. The van der Waals surface area contributed by atoms with Crippen LogP contribution in [-0.2, 0) is 5.75 Å². The molecule has 1 amide bonds. The maximum absolute atomic E-state index is 12.8. The standard InChI is InChI=1S/C18H14N4O2S3/c1-11-14(15(22-24-11)12-6-3-2-4-7-12)16(23)19-17-20-21-18(27-17)26-10-13-8-5-9-25-13/h2-9H,10H2,1H3,(H,19,20,23). The van der Waals surface area contributed by atoms with Gasteiger partial charge in [-0.3, -0.25) is 10.1 Å². The second kappa shape index (κ2) is 8.03. The summed E-state index contributed by atoms with van der Waals surface area (Å²) < 4.78 is 6.06. The highest BCUT2D eigenvalue weighted by atomic mass is 32.2. The van der Waals surface area contributed by atoms with Gasteiger partial charge in [0.15, 0.2) is 4.34 Å². The highest BCUT2D eigenvalue weighted by Crippen LogP contribution is 2.31. The smallest absolute Gasteiger partial charge is 0.263 e. The molecule has 3 aromatic heterocycles. The molecule has 9 heteroatoms. The van der Waals surface area contributed by atoms with Gasteiger partial charge in [0, 0.05) is 16.2 Å². The van der Waals surface area contributed by atoms with E-state index in [0.29, 0.717) is 22.1 Å². The molecule has 0 unspecified atom stereocenters. The molecular weight excluding hydrogens is 400 g/mol. The Kier molecular flexibility index (Phi) is 5.33. The Labute approximate surface area is 167 Å². The molecule has 0 radical (unpaired) electrons. The van der Waals surface area contributed by atoms with Gasteiger partial charge >= 0.3 is 0 Å². The molecule has 4 rings (SSSR count). The van der Waals surface area contributed by atoms with Crippen molar-refractivity contribution in [3.63, 3.8) is 0 Å². The molecule has 0 spiro atoms. The van der Waals surface area contributed by atoms with Crippen LogP contribution in [0.3, 0.4) is 0 Å². The van der Waals surface area contributed by atoms with Crippen molar-refractivity contribution in [1.82, 2.24) is 15.4 Å². The Balaban J connectivity index is 1.48. The third kappa shape index (κ3) is 4.10. The third-order valence-electron chi connectivity index (χ3n) is 3.68. The van der Waals surface area contributed by atoms with Crippen molar-refractivity contribution in [2.75, 3.05) is 5.32 Å². The molecule has 136 valence electrons. The zero-order valence-corrected chi connectivity index (χ0v) is 16.7. The van der Waals surface area contributed by atoms with E-state index in [0.717, 1.165) is 15.7 Å². The molecule has 0 aliphatic heterocycles. The van der Waals surface area contributed by atoms with Crippen LogP contribution < -0.4 is 5.32 Å². The summed E-state index contributed by atoms with van der Waals surface area (Å²) in [6.45, 7) is 1.72. The summed E-state index contributed by atoms with van der Waals surface area (Å²) >= 11 is 4.66. The van der Waals surface area contributed by atoms with E-state index in [1.165, 1.54) is 16.2 Å². The molecular formula is C18H14N4O2S3. The number of aryl methyl sites for hydroxylation is 1. The Morgan fingerprint density at radius 1 is 1.19 bits per heavy atom. The number of thiophene rings is 1. The van der Waals surface area contributed by atoms with E-state index in [1.807, 2.05) is 41.8 Å². The molecule has 0 fully saturated rings. The van der Waals surface area contributed by atoms with Gasteiger partial charge in [-0.05, 0) is 18.4 Å². The molecule has 0 saturated heterocycles. The zero-order valence-electron chi connectivity index (χ0n) is 14.2. The van der Waals surface area contributed by atoms with Gasteiger partial charge in [0.1, 0.15) is 17.0 Å². The number of nitrogens with zero attached hydrogens (tertiary/aromatic N) is 3. The summed E-state index contributed by atoms with van der Waals surface area (Å²) in [5.41, 5.74) is 1.75. The minimum absolute atomic E-state index is 0.307. The van der Waals surface area contributed by atoms with E-state index >= 15 is 0 Å². The van der Waals surface area contributed by atoms with Crippen LogP contribution in [0, 0.1) is 6.92 Å². The first kappa shape index (κ1) is 17.9. The maximum atomic E-state index is 12.8. The van der Waals surface area contributed by atoms with Crippen molar-refractivity contribution >= 4 is 45.5 Å². The number of amides is 1. The lowest BCUT2D eigenvalue weighted by atomic mass is 10.1. The fourth-order valence-corrected chi connectivity index (χ4v) is 4.96. The van der Waals surface area contributed by atoms with Gasteiger partial charge in [-0.2, -0.15) is 0 Å². The lowest BCUT2D eigenvalue weighted by Crippen LogP contribution is -2.13. The predicted octanol–water partition coefficient (Wildman–Crippen LogP) is 5.11. The van der Waals surface area contributed by atoms with Crippen LogP contribution in [-0.4, -0.2) is 21.3 Å². The Hall–Kier alpha value is -2.49. The van der Waals surface area contributed by atoms with Crippen LogP contribution in [0.2, 0.25) is 0 Å². The minimum Gasteiger partial charge on any atom is -0.360 e. The maximum Gasteiger partial charge on any atom is 0.263 e. The van der Waals surface area contributed by atoms with Crippen molar-refractivity contribution in [1.29, 1.82) is 0 Å². The Morgan fingerprint density at radius 2 is 2.04 bits per heavy atom. The molecule has 0 atom stereocenters. The zero-order chi connectivity index (χ0) is 18.6. The second-order valence-corrected chi connectivity index (χ2v) is 8.76. The molecule has 3 heterocycles. The number of carbonyl (C=O) groups is 1. The van der Waals surface area contributed by atoms with Gasteiger partial charge in [0.25, 0.3) is 5.91 Å². The summed E-state index contributed by atoms with van der Waals surface area (Å²) in [4.78, 5) is 14.0. The van der Waals surface area contributed by atoms with Gasteiger partial charge in [0.05, 0.1) is 0 Å². The van der Waals surface area contributed by atoms with E-state index in [-0.39, 0.29) is 5.91 Å². The minimum atomic E-state index is -0.307. The monoisotopic (exact) mass is 414 g/mol. The predicted molar refractivity (Wildman–Crippen MR) is 108 cm³/mol. The Morgan fingerprint density at radius 3 is 2.81 bits per heavy atom. The molecule has 0 bridgehead atoms. The van der Waals surface area contributed by atoms with E-state index in [1.54, 1.807) is 30.0 Å². The molecule has 0 aliphatic carbocycles. The molecule has 1 N–H and O–H groups in total. The number of rotatable bonds is 6. The average Bonchev–Trinajstić information content (AvgIpc) is 3.42. The van der Waals surface area contributed by atoms with Crippen LogP contribution in [0.4, 0.5) is 5.13 Å². The van der Waals surface area contributed by atoms with Crippen LogP contribution in [0.5, 0.6) is 0 Å². The SMILES string of the molecule is Cc1onc(-c2ccccc2)c1C(=O)Nc1nnc(SCc2cccs2)s1. The topological polar surface area (TPSA) is 80.9 Å². The van der Waals surface area contributed by atoms with E-state index in [2.05, 4.69) is 26.7 Å². The number of nitrogens with one attached hydrogen (secondary N) is 1. The van der Waals surface area contributed by atoms with Gasteiger partial charge < -0.3 is 4.52 Å². The van der Waals surface area contributed by atoms with Gasteiger partial charge in [0.2, 0.25) is 5.13 Å². The number of carbonyl (C=O) groups excluding carboxylic acids is 1. The van der Waals surface area contributed by atoms with Crippen molar-refractivity contribution in [2.45, 2.75) is 17.0 Å². The lowest BCUT2D eigenvalue weighted by molar-refractivity contribution is 0.102. The van der Waals surface area contributed by atoms with Gasteiger partial charge in [-0.15, -0.1) is 21.5 Å². The highest BCUT2D eigenvalue weighted by molar-refractivity contribution is 8.00. The number of benzene rings is 1. The van der Waals surface area contributed by atoms with E-state index in [9.17, 15) is 4.79 Å². The number of hydrogen-bond acceptors (Lipinski definition) is 8. The molecule has 0 aliphatic rings. The number of anilines is 1. The number of thioether (sulfide) groups is 1. The largest absolute Gasteiger partial charge is 0.360 e. The van der Waals surface area contributed by atoms with Crippen LogP contribution in [0.1, 0.15) is 21.0 Å². The second-order valence-electron chi connectivity index (χ2n) is 5.52. The summed E-state index contributed by atoms with van der Waals surface area (Å²) in [6, 6.07) is 13.6. The lowest BCUT2D eigenvalue weighted by Gasteiger charge is -2.02. The highest BCUT2D eigenvalue weighted by Gasteiger charge is 2.22. The molecule has 0 saturated carbocycles. The van der Waals surface area contributed by atoms with E-state index < -0.39 is 0 Å². The van der Waals surface area contributed by atoms with Crippen LogP contribution in [0.25, 0.3) is 11.3 Å². The number of hydrogen-bond donors (Lipinski definition) is 1. The van der Waals surface area contributed by atoms with E-state index in [4.69, 9.17) is 4.52 Å². The first-order valence-electron chi connectivity index (χ1n) is 8.02. The van der Waals surface area contributed by atoms with Crippen LogP contribution in [0.15, 0.2) is 56.7 Å². The first-order valence-corrected chi connectivity index (χ1v) is 10.7. The van der Waals surface area contributed by atoms with Crippen LogP contribution >= 0.6 is 34.4 Å². The number of aromatic nitrogens is 3.